The Morgan fingerprint density at radius 1 is 1.25 bits per heavy atom. The zero-order chi connectivity index (χ0) is 9.56. The van der Waals surface area contributed by atoms with Crippen LogP contribution in [0.4, 0.5) is 0 Å². The summed E-state index contributed by atoms with van der Waals surface area (Å²) in [5, 5.41) is 12.3. The Morgan fingerprint density at radius 3 is 2.17 bits per heavy atom. The number of nitrogens with one attached hydrogen (secondary N) is 1. The predicted molar refractivity (Wildman–Crippen MR) is 53.2 cm³/mol. The maximum Gasteiger partial charge on any atom is 0.0445 e. The van der Waals surface area contributed by atoms with E-state index in [1.54, 1.807) is 0 Å². The van der Waals surface area contributed by atoms with Crippen LogP contribution in [-0.2, 0) is 0 Å². The first kappa shape index (κ1) is 11.9. The summed E-state index contributed by atoms with van der Waals surface area (Å²) in [6.07, 6.45) is 1.96. The third-order valence-corrected chi connectivity index (χ3v) is 2.47. The second-order valence-electron chi connectivity index (χ2n) is 3.82. The second-order valence-corrected chi connectivity index (χ2v) is 3.82. The van der Waals surface area contributed by atoms with Gasteiger partial charge in [-0.3, -0.25) is 0 Å². The molecule has 2 nitrogen and oxygen atoms in total. The van der Waals surface area contributed by atoms with Gasteiger partial charge in [-0.05, 0) is 25.7 Å². The van der Waals surface area contributed by atoms with E-state index in [0.717, 1.165) is 12.8 Å². The normalized spacial score (nSPS) is 16.5. The Hall–Kier alpha value is -0.0800. The number of aliphatic hydroxyl groups excluding tert-OH is 1. The largest absolute Gasteiger partial charge is 0.396 e. The summed E-state index contributed by atoms with van der Waals surface area (Å²) < 4.78 is 0. The lowest BCUT2D eigenvalue weighted by Gasteiger charge is -2.24. The highest BCUT2D eigenvalue weighted by atomic mass is 16.3. The molecule has 0 spiro atoms. The van der Waals surface area contributed by atoms with Crippen LogP contribution in [0.3, 0.4) is 0 Å². The predicted octanol–water partition coefficient (Wildman–Crippen LogP) is 1.78. The van der Waals surface area contributed by atoms with Crippen molar-refractivity contribution in [3.63, 3.8) is 0 Å². The van der Waals surface area contributed by atoms with E-state index in [4.69, 9.17) is 5.11 Å². The molecule has 0 radical (unpaired) electrons. The van der Waals surface area contributed by atoms with Crippen LogP contribution in [0.5, 0.6) is 0 Å². The van der Waals surface area contributed by atoms with Gasteiger partial charge in [-0.15, -0.1) is 0 Å². The van der Waals surface area contributed by atoms with Gasteiger partial charge in [0.1, 0.15) is 0 Å². The highest BCUT2D eigenvalue weighted by molar-refractivity contribution is 4.71. The van der Waals surface area contributed by atoms with Crippen LogP contribution in [0.2, 0.25) is 0 Å². The highest BCUT2D eigenvalue weighted by Crippen LogP contribution is 2.04. The zero-order valence-corrected chi connectivity index (χ0v) is 8.80. The summed E-state index contributed by atoms with van der Waals surface area (Å²) in [6, 6.07) is 1.02. The Kier molecular flexibility index (Phi) is 6.39. The van der Waals surface area contributed by atoms with Crippen molar-refractivity contribution in [1.29, 1.82) is 0 Å². The molecule has 0 aliphatic carbocycles. The van der Waals surface area contributed by atoms with Gasteiger partial charge >= 0.3 is 0 Å². The molecule has 0 aromatic carbocycles. The number of aliphatic hydroxyl groups is 1. The van der Waals surface area contributed by atoms with Crippen molar-refractivity contribution in [2.75, 3.05) is 6.61 Å². The monoisotopic (exact) mass is 173 g/mol. The van der Waals surface area contributed by atoms with Gasteiger partial charge < -0.3 is 10.4 Å². The minimum absolute atomic E-state index is 0.288. The lowest BCUT2D eigenvalue weighted by Crippen LogP contribution is -2.39. The first-order valence-corrected chi connectivity index (χ1v) is 4.98. The quantitative estimate of drug-likeness (QED) is 0.641. The lowest BCUT2D eigenvalue weighted by molar-refractivity contribution is 0.249. The standard InChI is InChI=1S/C10H23NO/c1-5-10(6-7-12)11-9(4)8(2)3/h8-12H,5-7H2,1-4H3. The SMILES string of the molecule is CCC(CCO)NC(C)C(C)C. The van der Waals surface area contributed by atoms with E-state index in [0.29, 0.717) is 18.0 Å². The number of rotatable bonds is 6. The molecule has 0 saturated heterocycles. The third-order valence-electron chi connectivity index (χ3n) is 2.47. The van der Waals surface area contributed by atoms with Gasteiger partial charge in [-0.1, -0.05) is 20.8 Å². The highest BCUT2D eigenvalue weighted by Gasteiger charge is 2.11. The molecule has 0 aromatic heterocycles. The first-order chi connectivity index (χ1) is 5.61. The molecular weight excluding hydrogens is 150 g/mol. The van der Waals surface area contributed by atoms with Crippen LogP contribution in [0.15, 0.2) is 0 Å². The average molecular weight is 173 g/mol. The summed E-state index contributed by atoms with van der Waals surface area (Å²) in [6.45, 7) is 9.06. The van der Waals surface area contributed by atoms with Crippen molar-refractivity contribution < 1.29 is 5.11 Å². The van der Waals surface area contributed by atoms with Crippen LogP contribution in [-0.4, -0.2) is 23.8 Å². The molecular formula is C10H23NO. The van der Waals surface area contributed by atoms with Gasteiger partial charge in [0, 0.05) is 18.7 Å². The van der Waals surface area contributed by atoms with E-state index in [2.05, 4.69) is 33.0 Å². The summed E-state index contributed by atoms with van der Waals surface area (Å²) >= 11 is 0. The molecule has 0 aliphatic heterocycles. The Morgan fingerprint density at radius 2 is 1.83 bits per heavy atom. The van der Waals surface area contributed by atoms with Crippen LogP contribution < -0.4 is 5.32 Å². The summed E-state index contributed by atoms with van der Waals surface area (Å²) in [4.78, 5) is 0. The number of hydrogen-bond acceptors (Lipinski definition) is 2. The molecule has 2 atom stereocenters. The summed E-state index contributed by atoms with van der Waals surface area (Å²) in [7, 11) is 0. The minimum atomic E-state index is 0.288. The van der Waals surface area contributed by atoms with E-state index in [1.165, 1.54) is 0 Å². The van der Waals surface area contributed by atoms with Gasteiger partial charge in [0.05, 0.1) is 0 Å². The maximum absolute atomic E-state index is 8.78. The maximum atomic E-state index is 8.78. The Balaban J connectivity index is 3.68. The smallest absolute Gasteiger partial charge is 0.0445 e. The molecule has 12 heavy (non-hydrogen) atoms. The second kappa shape index (κ2) is 6.44. The van der Waals surface area contributed by atoms with Crippen LogP contribution in [0.1, 0.15) is 40.5 Å². The van der Waals surface area contributed by atoms with E-state index in [-0.39, 0.29) is 6.61 Å². The third kappa shape index (κ3) is 4.73. The molecule has 74 valence electrons. The van der Waals surface area contributed by atoms with Gasteiger partial charge in [0.25, 0.3) is 0 Å². The van der Waals surface area contributed by atoms with Crippen molar-refractivity contribution in [3.8, 4) is 0 Å². The molecule has 0 amide bonds. The molecule has 2 N–H and O–H groups in total. The van der Waals surface area contributed by atoms with E-state index in [1.807, 2.05) is 0 Å². The van der Waals surface area contributed by atoms with Crippen LogP contribution in [0, 0.1) is 5.92 Å². The lowest BCUT2D eigenvalue weighted by atomic mass is 10.0. The van der Waals surface area contributed by atoms with Gasteiger partial charge in [-0.2, -0.15) is 0 Å². The molecule has 0 bridgehead atoms. The first-order valence-electron chi connectivity index (χ1n) is 4.98. The average Bonchev–Trinajstić information content (AvgIpc) is 2.03. The molecule has 0 saturated carbocycles. The fourth-order valence-electron chi connectivity index (χ4n) is 1.13. The molecule has 2 unspecified atom stereocenters. The molecule has 2 heteroatoms. The molecule has 0 rings (SSSR count). The molecule has 0 heterocycles. The van der Waals surface area contributed by atoms with Gasteiger partial charge in [-0.25, -0.2) is 0 Å². The fraction of sp³-hybridized carbons (Fsp3) is 1.00. The van der Waals surface area contributed by atoms with Crippen LogP contribution in [0.25, 0.3) is 0 Å². The topological polar surface area (TPSA) is 32.3 Å². The summed E-state index contributed by atoms with van der Waals surface area (Å²) in [5.74, 6) is 0.665. The van der Waals surface area contributed by atoms with Crippen molar-refractivity contribution in [2.45, 2.75) is 52.6 Å². The Bertz CT molecular complexity index is 104. The van der Waals surface area contributed by atoms with Gasteiger partial charge in [0.15, 0.2) is 0 Å². The Labute approximate surface area is 76.4 Å². The van der Waals surface area contributed by atoms with E-state index < -0.39 is 0 Å². The van der Waals surface area contributed by atoms with Crippen molar-refractivity contribution in [2.24, 2.45) is 5.92 Å². The van der Waals surface area contributed by atoms with Crippen molar-refractivity contribution >= 4 is 0 Å². The molecule has 0 aromatic rings. The van der Waals surface area contributed by atoms with Crippen molar-refractivity contribution in [1.82, 2.24) is 5.32 Å². The number of hydrogen-bond donors (Lipinski definition) is 2. The minimum Gasteiger partial charge on any atom is -0.396 e. The van der Waals surface area contributed by atoms with E-state index in [9.17, 15) is 0 Å². The van der Waals surface area contributed by atoms with Crippen molar-refractivity contribution in [3.05, 3.63) is 0 Å². The van der Waals surface area contributed by atoms with E-state index >= 15 is 0 Å². The van der Waals surface area contributed by atoms with Gasteiger partial charge in [0.2, 0.25) is 0 Å². The zero-order valence-electron chi connectivity index (χ0n) is 8.80. The fourth-order valence-corrected chi connectivity index (χ4v) is 1.13. The molecule has 0 aliphatic rings. The summed E-state index contributed by atoms with van der Waals surface area (Å²) in [5.41, 5.74) is 0. The molecule has 0 fully saturated rings. The van der Waals surface area contributed by atoms with Crippen LogP contribution >= 0.6 is 0 Å².